The Balaban J connectivity index is 3.74. The molecule has 6 nitrogen and oxygen atoms in total. The number of ether oxygens (including phenoxy) is 1. The van der Waals surface area contributed by atoms with E-state index in [4.69, 9.17) is 33.5 Å². The standard InChI is InChI=1S/C12H18ClN3O3/c1-3-12(16,5-14)8-9(15)7(13)4-6(11(17)18)10(8)19-2/h4H,3,5,14-16H2,1-2H3,(H,17,18). The summed E-state index contributed by atoms with van der Waals surface area (Å²) < 4.78 is 5.17. The number of nitrogen functional groups attached to an aromatic ring is 1. The van der Waals surface area contributed by atoms with E-state index < -0.39 is 11.5 Å². The smallest absolute Gasteiger partial charge is 0.339 e. The molecule has 0 aliphatic heterocycles. The molecule has 0 aliphatic rings. The second kappa shape index (κ2) is 5.64. The highest BCUT2D eigenvalue weighted by Crippen LogP contribution is 2.41. The minimum absolute atomic E-state index is 0.0868. The van der Waals surface area contributed by atoms with Crippen molar-refractivity contribution in [2.45, 2.75) is 18.9 Å². The number of nitrogens with two attached hydrogens (primary N) is 3. The molecule has 0 spiro atoms. The predicted octanol–water partition coefficient (Wildman–Crippen LogP) is 1.15. The van der Waals surface area contributed by atoms with Gasteiger partial charge in [-0.05, 0) is 12.5 Å². The fourth-order valence-electron chi connectivity index (χ4n) is 1.93. The summed E-state index contributed by atoms with van der Waals surface area (Å²) in [5.41, 5.74) is 17.3. The van der Waals surface area contributed by atoms with Gasteiger partial charge in [-0.2, -0.15) is 0 Å². The molecule has 7 N–H and O–H groups in total. The molecule has 0 bridgehead atoms. The maximum atomic E-state index is 11.2. The lowest BCUT2D eigenvalue weighted by atomic mass is 9.85. The van der Waals surface area contributed by atoms with Crippen LogP contribution in [0, 0.1) is 0 Å². The van der Waals surface area contributed by atoms with Gasteiger partial charge >= 0.3 is 5.97 Å². The number of hydrogen-bond donors (Lipinski definition) is 4. The monoisotopic (exact) mass is 287 g/mol. The highest BCUT2D eigenvalue weighted by atomic mass is 35.5. The van der Waals surface area contributed by atoms with Crippen molar-refractivity contribution in [3.8, 4) is 5.75 Å². The highest BCUT2D eigenvalue weighted by Gasteiger charge is 2.33. The van der Waals surface area contributed by atoms with E-state index in [1.807, 2.05) is 6.92 Å². The lowest BCUT2D eigenvalue weighted by molar-refractivity contribution is 0.0693. The zero-order valence-corrected chi connectivity index (χ0v) is 11.6. The lowest BCUT2D eigenvalue weighted by Crippen LogP contribution is -2.44. The lowest BCUT2D eigenvalue weighted by Gasteiger charge is -2.31. The van der Waals surface area contributed by atoms with Gasteiger partial charge in [0, 0.05) is 12.1 Å². The Kier molecular flexibility index (Phi) is 4.62. The molecule has 0 saturated heterocycles. The van der Waals surface area contributed by atoms with Crippen LogP contribution in [-0.2, 0) is 5.54 Å². The Hall–Kier alpha value is -1.50. The fraction of sp³-hybridized carbons (Fsp3) is 0.417. The molecule has 1 unspecified atom stereocenters. The van der Waals surface area contributed by atoms with Gasteiger partial charge in [-0.15, -0.1) is 0 Å². The van der Waals surface area contributed by atoms with Crippen LogP contribution in [-0.4, -0.2) is 24.7 Å². The molecule has 0 heterocycles. The Morgan fingerprint density at radius 3 is 2.53 bits per heavy atom. The van der Waals surface area contributed by atoms with E-state index in [1.165, 1.54) is 13.2 Å². The summed E-state index contributed by atoms with van der Waals surface area (Å²) in [4.78, 5) is 11.2. The molecule has 0 radical (unpaired) electrons. The number of halogens is 1. The Morgan fingerprint density at radius 2 is 2.16 bits per heavy atom. The summed E-state index contributed by atoms with van der Waals surface area (Å²) in [5, 5.41) is 9.31. The second-order valence-electron chi connectivity index (χ2n) is 4.25. The van der Waals surface area contributed by atoms with Gasteiger partial charge in [0.1, 0.15) is 11.3 Å². The predicted molar refractivity (Wildman–Crippen MR) is 74.6 cm³/mol. The topological polar surface area (TPSA) is 125 Å². The van der Waals surface area contributed by atoms with Crippen molar-refractivity contribution in [2.75, 3.05) is 19.4 Å². The third-order valence-electron chi connectivity index (χ3n) is 3.20. The van der Waals surface area contributed by atoms with Crippen molar-refractivity contribution >= 4 is 23.3 Å². The van der Waals surface area contributed by atoms with Crippen molar-refractivity contribution in [3.05, 3.63) is 22.2 Å². The first kappa shape index (κ1) is 15.6. The number of carboxylic acids is 1. The van der Waals surface area contributed by atoms with Crippen LogP contribution in [0.25, 0.3) is 0 Å². The molecular weight excluding hydrogens is 270 g/mol. The summed E-state index contributed by atoms with van der Waals surface area (Å²) in [7, 11) is 1.35. The van der Waals surface area contributed by atoms with Crippen molar-refractivity contribution in [1.29, 1.82) is 0 Å². The Morgan fingerprint density at radius 1 is 1.58 bits per heavy atom. The number of rotatable bonds is 5. The van der Waals surface area contributed by atoms with E-state index in [0.29, 0.717) is 12.0 Å². The molecule has 1 rings (SSSR count). The van der Waals surface area contributed by atoms with Crippen molar-refractivity contribution < 1.29 is 14.6 Å². The normalized spacial score (nSPS) is 13.9. The SMILES string of the molecule is CCC(N)(CN)c1c(N)c(Cl)cc(C(=O)O)c1OC. The summed E-state index contributed by atoms with van der Waals surface area (Å²) in [6.45, 7) is 1.91. The van der Waals surface area contributed by atoms with Crippen molar-refractivity contribution in [2.24, 2.45) is 11.5 Å². The minimum atomic E-state index is -1.17. The first-order valence-electron chi connectivity index (χ1n) is 5.71. The number of carbonyl (C=O) groups is 1. The zero-order chi connectivity index (χ0) is 14.8. The van der Waals surface area contributed by atoms with E-state index >= 15 is 0 Å². The molecule has 1 atom stereocenters. The van der Waals surface area contributed by atoms with Gasteiger partial charge in [0.05, 0.1) is 23.4 Å². The number of anilines is 1. The largest absolute Gasteiger partial charge is 0.495 e. The number of methoxy groups -OCH3 is 1. The van der Waals surface area contributed by atoms with Crippen LogP contribution < -0.4 is 21.9 Å². The van der Waals surface area contributed by atoms with E-state index in [0.717, 1.165) is 0 Å². The third kappa shape index (κ3) is 2.60. The molecule has 0 fully saturated rings. The summed E-state index contributed by atoms with van der Waals surface area (Å²) in [6, 6.07) is 1.24. The number of carboxylic acid groups (broad SMARTS) is 1. The first-order chi connectivity index (χ1) is 8.82. The molecule has 0 saturated carbocycles. The van der Waals surface area contributed by atoms with Crippen LogP contribution in [0.15, 0.2) is 6.07 Å². The maximum Gasteiger partial charge on any atom is 0.339 e. The van der Waals surface area contributed by atoms with Gasteiger partial charge in [-0.1, -0.05) is 18.5 Å². The second-order valence-corrected chi connectivity index (χ2v) is 4.65. The number of benzene rings is 1. The van der Waals surface area contributed by atoms with Crippen LogP contribution in [0.5, 0.6) is 5.75 Å². The zero-order valence-electron chi connectivity index (χ0n) is 10.9. The summed E-state index contributed by atoms with van der Waals surface area (Å²) in [5.74, 6) is -1.07. The van der Waals surface area contributed by atoms with Gasteiger partial charge < -0.3 is 27.0 Å². The van der Waals surface area contributed by atoms with Crippen LogP contribution in [0.2, 0.25) is 5.02 Å². The molecule has 1 aromatic rings. The average molecular weight is 288 g/mol. The van der Waals surface area contributed by atoms with E-state index in [9.17, 15) is 9.90 Å². The minimum Gasteiger partial charge on any atom is -0.495 e. The van der Waals surface area contributed by atoms with Gasteiger partial charge in [-0.3, -0.25) is 0 Å². The van der Waals surface area contributed by atoms with Crippen molar-refractivity contribution in [1.82, 2.24) is 0 Å². The van der Waals surface area contributed by atoms with Gasteiger partial charge in [0.15, 0.2) is 0 Å². The third-order valence-corrected chi connectivity index (χ3v) is 3.51. The molecule has 0 aromatic heterocycles. The fourth-order valence-corrected chi connectivity index (χ4v) is 2.14. The van der Waals surface area contributed by atoms with Gasteiger partial charge in [0.2, 0.25) is 0 Å². The molecule has 19 heavy (non-hydrogen) atoms. The van der Waals surface area contributed by atoms with Crippen molar-refractivity contribution in [3.63, 3.8) is 0 Å². The Bertz CT molecular complexity index is 501. The molecule has 0 aliphatic carbocycles. The molecule has 0 amide bonds. The molecule has 1 aromatic carbocycles. The number of hydrogen-bond acceptors (Lipinski definition) is 5. The summed E-state index contributed by atoms with van der Waals surface area (Å²) in [6.07, 6.45) is 0.462. The number of aromatic carboxylic acids is 1. The average Bonchev–Trinajstić information content (AvgIpc) is 2.39. The van der Waals surface area contributed by atoms with E-state index in [2.05, 4.69) is 0 Å². The molecule has 7 heteroatoms. The maximum absolute atomic E-state index is 11.2. The highest BCUT2D eigenvalue weighted by molar-refractivity contribution is 6.33. The van der Waals surface area contributed by atoms with Crippen LogP contribution >= 0.6 is 11.6 Å². The van der Waals surface area contributed by atoms with Gasteiger partial charge in [0.25, 0.3) is 0 Å². The Labute approximate surface area is 116 Å². The van der Waals surface area contributed by atoms with Crippen LogP contribution in [0.4, 0.5) is 5.69 Å². The molecule has 106 valence electrons. The van der Waals surface area contributed by atoms with Crippen LogP contribution in [0.1, 0.15) is 29.3 Å². The first-order valence-corrected chi connectivity index (χ1v) is 6.08. The summed E-state index contributed by atoms with van der Waals surface area (Å²) >= 11 is 5.97. The van der Waals surface area contributed by atoms with Gasteiger partial charge in [-0.25, -0.2) is 4.79 Å². The van der Waals surface area contributed by atoms with E-state index in [1.54, 1.807) is 0 Å². The van der Waals surface area contributed by atoms with E-state index in [-0.39, 0.29) is 28.6 Å². The quantitative estimate of drug-likeness (QED) is 0.602. The molecular formula is C12H18ClN3O3. The van der Waals surface area contributed by atoms with Crippen LogP contribution in [0.3, 0.4) is 0 Å².